The van der Waals surface area contributed by atoms with Gasteiger partial charge in [0.05, 0.1) is 4.34 Å². The van der Waals surface area contributed by atoms with Crippen molar-refractivity contribution in [2.24, 2.45) is 5.92 Å². The molecule has 4 heteroatoms. The second kappa shape index (κ2) is 6.19. The molecule has 0 saturated carbocycles. The lowest BCUT2D eigenvalue weighted by molar-refractivity contribution is 0.199. The zero-order valence-electron chi connectivity index (χ0n) is 10.6. The molecule has 1 aromatic heterocycles. The van der Waals surface area contributed by atoms with Crippen LogP contribution >= 0.6 is 22.9 Å². The molecule has 1 aliphatic rings. The van der Waals surface area contributed by atoms with Crippen molar-refractivity contribution >= 4 is 22.9 Å². The molecule has 1 aromatic rings. The fraction of sp³-hybridized carbons (Fsp3) is 0.692. The van der Waals surface area contributed by atoms with Crippen LogP contribution in [-0.2, 0) is 0 Å². The molecule has 0 radical (unpaired) electrons. The van der Waals surface area contributed by atoms with Gasteiger partial charge in [0.15, 0.2) is 0 Å². The molecule has 2 unspecified atom stereocenters. The van der Waals surface area contributed by atoms with Crippen LogP contribution in [0.25, 0.3) is 0 Å². The largest absolute Gasteiger partial charge is 0.316 e. The van der Waals surface area contributed by atoms with Gasteiger partial charge in [0.2, 0.25) is 0 Å². The average molecular weight is 273 g/mol. The Hall–Kier alpha value is -0.0900. The minimum Gasteiger partial charge on any atom is -0.316 e. The van der Waals surface area contributed by atoms with Crippen LogP contribution < -0.4 is 5.32 Å². The SMILES string of the molecule is CC(c1csc(Cl)c1)N(C)CC1CCCNC1. The van der Waals surface area contributed by atoms with Crippen LogP contribution in [0.3, 0.4) is 0 Å². The van der Waals surface area contributed by atoms with Gasteiger partial charge in [-0.15, -0.1) is 11.3 Å². The Balaban J connectivity index is 1.88. The van der Waals surface area contributed by atoms with Crippen LogP contribution in [-0.4, -0.2) is 31.6 Å². The molecule has 2 nitrogen and oxygen atoms in total. The topological polar surface area (TPSA) is 15.3 Å². The van der Waals surface area contributed by atoms with E-state index >= 15 is 0 Å². The first kappa shape index (κ1) is 13.3. The Kier molecular flexibility index (Phi) is 4.86. The maximum Gasteiger partial charge on any atom is 0.0931 e. The number of hydrogen-bond donors (Lipinski definition) is 1. The van der Waals surface area contributed by atoms with Crippen LogP contribution in [0.1, 0.15) is 31.4 Å². The van der Waals surface area contributed by atoms with E-state index in [1.165, 1.54) is 38.0 Å². The third-order valence-electron chi connectivity index (χ3n) is 3.68. The molecular weight excluding hydrogens is 252 g/mol. The lowest BCUT2D eigenvalue weighted by Gasteiger charge is -2.31. The van der Waals surface area contributed by atoms with Crippen molar-refractivity contribution in [2.45, 2.75) is 25.8 Å². The number of thiophene rings is 1. The molecule has 2 rings (SSSR count). The van der Waals surface area contributed by atoms with E-state index in [4.69, 9.17) is 11.6 Å². The van der Waals surface area contributed by atoms with Gasteiger partial charge in [0.25, 0.3) is 0 Å². The van der Waals surface area contributed by atoms with Gasteiger partial charge >= 0.3 is 0 Å². The van der Waals surface area contributed by atoms with Crippen molar-refractivity contribution in [1.29, 1.82) is 0 Å². The lowest BCUT2D eigenvalue weighted by atomic mass is 9.98. The van der Waals surface area contributed by atoms with E-state index in [1.54, 1.807) is 11.3 Å². The Bertz CT molecular complexity index is 347. The highest BCUT2D eigenvalue weighted by atomic mass is 35.5. The molecule has 0 aromatic carbocycles. The van der Waals surface area contributed by atoms with Gasteiger partial charge in [-0.3, -0.25) is 4.90 Å². The summed E-state index contributed by atoms with van der Waals surface area (Å²) in [5.74, 6) is 0.797. The quantitative estimate of drug-likeness (QED) is 0.904. The highest BCUT2D eigenvalue weighted by molar-refractivity contribution is 7.14. The summed E-state index contributed by atoms with van der Waals surface area (Å²) in [7, 11) is 2.21. The highest BCUT2D eigenvalue weighted by Gasteiger charge is 2.19. The van der Waals surface area contributed by atoms with Gasteiger partial charge in [-0.1, -0.05) is 11.6 Å². The summed E-state index contributed by atoms with van der Waals surface area (Å²) in [6, 6.07) is 2.55. The Morgan fingerprint density at radius 1 is 1.65 bits per heavy atom. The molecule has 1 aliphatic heterocycles. The zero-order valence-corrected chi connectivity index (χ0v) is 12.2. The van der Waals surface area contributed by atoms with Crippen LogP contribution in [0.4, 0.5) is 0 Å². The first-order valence-corrected chi connectivity index (χ1v) is 7.57. The number of nitrogens with zero attached hydrogens (tertiary/aromatic N) is 1. The Labute approximate surface area is 113 Å². The van der Waals surface area contributed by atoms with Crippen molar-refractivity contribution in [1.82, 2.24) is 10.2 Å². The molecule has 0 aliphatic carbocycles. The predicted molar refractivity (Wildman–Crippen MR) is 76.0 cm³/mol. The molecule has 17 heavy (non-hydrogen) atoms. The van der Waals surface area contributed by atoms with Gasteiger partial charge < -0.3 is 5.32 Å². The number of piperidine rings is 1. The smallest absolute Gasteiger partial charge is 0.0931 e. The van der Waals surface area contributed by atoms with Crippen LogP contribution in [0, 0.1) is 5.92 Å². The van der Waals surface area contributed by atoms with Crippen molar-refractivity contribution in [3.05, 3.63) is 21.3 Å². The summed E-state index contributed by atoms with van der Waals surface area (Å²) in [6.07, 6.45) is 2.67. The van der Waals surface area contributed by atoms with E-state index in [9.17, 15) is 0 Å². The van der Waals surface area contributed by atoms with Gasteiger partial charge in [-0.2, -0.15) is 0 Å². The molecule has 2 heterocycles. The van der Waals surface area contributed by atoms with Crippen LogP contribution in [0.5, 0.6) is 0 Å². The van der Waals surface area contributed by atoms with Gasteiger partial charge in [0, 0.05) is 12.6 Å². The zero-order chi connectivity index (χ0) is 12.3. The minimum absolute atomic E-state index is 0.459. The Morgan fingerprint density at radius 2 is 2.47 bits per heavy atom. The van der Waals surface area contributed by atoms with E-state index in [1.807, 2.05) is 0 Å². The van der Waals surface area contributed by atoms with Crippen LogP contribution in [0.2, 0.25) is 4.34 Å². The monoisotopic (exact) mass is 272 g/mol. The first-order valence-electron chi connectivity index (χ1n) is 6.31. The number of nitrogens with one attached hydrogen (secondary N) is 1. The van der Waals surface area contributed by atoms with E-state index in [0.29, 0.717) is 6.04 Å². The minimum atomic E-state index is 0.459. The maximum absolute atomic E-state index is 5.99. The first-order chi connectivity index (χ1) is 8.16. The lowest BCUT2D eigenvalue weighted by Crippen LogP contribution is -2.37. The van der Waals surface area contributed by atoms with E-state index in [-0.39, 0.29) is 0 Å². The van der Waals surface area contributed by atoms with Crippen molar-refractivity contribution in [2.75, 3.05) is 26.7 Å². The van der Waals surface area contributed by atoms with Crippen molar-refractivity contribution in [3.63, 3.8) is 0 Å². The third-order valence-corrected chi connectivity index (χ3v) is 4.79. The fourth-order valence-electron chi connectivity index (χ4n) is 2.44. The summed E-state index contributed by atoms with van der Waals surface area (Å²) >= 11 is 7.61. The summed E-state index contributed by atoms with van der Waals surface area (Å²) in [5, 5.41) is 5.65. The van der Waals surface area contributed by atoms with Crippen molar-refractivity contribution in [3.8, 4) is 0 Å². The van der Waals surface area contributed by atoms with E-state index in [0.717, 1.165) is 10.3 Å². The predicted octanol–water partition coefficient (Wildman–Crippen LogP) is 3.39. The maximum atomic E-state index is 5.99. The van der Waals surface area contributed by atoms with Gasteiger partial charge in [0.1, 0.15) is 0 Å². The number of halogens is 1. The van der Waals surface area contributed by atoms with Crippen molar-refractivity contribution < 1.29 is 0 Å². The molecule has 2 atom stereocenters. The summed E-state index contributed by atoms with van der Waals surface area (Å²) in [4.78, 5) is 2.44. The summed E-state index contributed by atoms with van der Waals surface area (Å²) in [6.45, 7) is 5.79. The normalized spacial score (nSPS) is 22.9. The van der Waals surface area contributed by atoms with Crippen LogP contribution in [0.15, 0.2) is 11.4 Å². The molecule has 0 bridgehead atoms. The molecular formula is C13H21ClN2S. The highest BCUT2D eigenvalue weighted by Crippen LogP contribution is 2.28. The molecule has 1 N–H and O–H groups in total. The van der Waals surface area contributed by atoms with E-state index in [2.05, 4.69) is 35.6 Å². The molecule has 0 spiro atoms. The molecule has 96 valence electrons. The van der Waals surface area contributed by atoms with Gasteiger partial charge in [-0.25, -0.2) is 0 Å². The summed E-state index contributed by atoms with van der Waals surface area (Å²) in [5.41, 5.74) is 1.34. The van der Waals surface area contributed by atoms with Gasteiger partial charge in [-0.05, 0) is 62.8 Å². The fourth-order valence-corrected chi connectivity index (χ4v) is 3.42. The standard InChI is InChI=1S/C13H21ClN2S/c1-10(12-6-13(14)17-9-12)16(2)8-11-4-3-5-15-7-11/h6,9-11,15H,3-5,7-8H2,1-2H3. The second-order valence-electron chi connectivity index (χ2n) is 5.01. The molecule has 1 saturated heterocycles. The molecule has 0 amide bonds. The number of hydrogen-bond acceptors (Lipinski definition) is 3. The molecule has 1 fully saturated rings. The second-order valence-corrected chi connectivity index (χ2v) is 6.55. The third kappa shape index (κ3) is 3.68. The number of rotatable bonds is 4. The summed E-state index contributed by atoms with van der Waals surface area (Å²) < 4.78 is 0.889. The average Bonchev–Trinajstić information content (AvgIpc) is 2.76. The Morgan fingerprint density at radius 3 is 3.06 bits per heavy atom. The van der Waals surface area contributed by atoms with E-state index < -0.39 is 0 Å².